The van der Waals surface area contributed by atoms with Gasteiger partial charge in [-0.05, 0) is 42.8 Å². The van der Waals surface area contributed by atoms with Crippen LogP contribution in [0.2, 0.25) is 0 Å². The van der Waals surface area contributed by atoms with E-state index in [1.807, 2.05) is 18.6 Å². The average Bonchev–Trinajstić information content (AvgIpc) is 2.54. The Bertz CT molecular complexity index is 966. The molecule has 0 radical (unpaired) electrons. The monoisotopic (exact) mass is 396 g/mol. The van der Waals surface area contributed by atoms with Crippen LogP contribution in [0.15, 0.2) is 49.3 Å². The first-order valence-corrected chi connectivity index (χ1v) is 8.86. The van der Waals surface area contributed by atoms with E-state index in [-0.39, 0.29) is 35.9 Å². The molecule has 0 aliphatic carbocycles. The minimum absolute atomic E-state index is 0. The van der Waals surface area contributed by atoms with Crippen molar-refractivity contribution in [3.05, 3.63) is 46.1 Å². The maximum atomic E-state index is 12.7. The van der Waals surface area contributed by atoms with Gasteiger partial charge in [-0.3, -0.25) is 4.79 Å². The number of aromatic carboxylic acids is 1. The van der Waals surface area contributed by atoms with Gasteiger partial charge in [0.05, 0.1) is 21.2 Å². The fraction of sp³-hybridized carbons (Fsp3) is 0.125. The molecule has 0 aliphatic heterocycles. The summed E-state index contributed by atoms with van der Waals surface area (Å²) in [4.78, 5) is 25.7. The molecule has 0 saturated carbocycles. The normalized spacial score (nSPS) is 10.7. The van der Waals surface area contributed by atoms with E-state index in [0.29, 0.717) is 16.6 Å². The molecule has 1 N–H and O–H groups in total. The first-order chi connectivity index (χ1) is 10.5. The van der Waals surface area contributed by atoms with Gasteiger partial charge in [0.15, 0.2) is 5.58 Å². The maximum absolute atomic E-state index is 12.7. The summed E-state index contributed by atoms with van der Waals surface area (Å²) in [5.41, 5.74) is 0.816. The number of fused-ring (bicyclic) bond motifs is 2. The summed E-state index contributed by atoms with van der Waals surface area (Å²) < 4.78 is 5.86. The molecule has 0 aliphatic rings. The van der Waals surface area contributed by atoms with Gasteiger partial charge in [-0.1, -0.05) is 0 Å². The van der Waals surface area contributed by atoms with Crippen molar-refractivity contribution in [2.45, 2.75) is 9.79 Å². The van der Waals surface area contributed by atoms with E-state index < -0.39 is 5.97 Å². The Labute approximate surface area is 153 Å². The van der Waals surface area contributed by atoms with Crippen LogP contribution in [0.4, 0.5) is 0 Å². The molecule has 0 atom stereocenters. The zero-order chi connectivity index (χ0) is 15.9. The van der Waals surface area contributed by atoms with E-state index in [1.54, 1.807) is 17.8 Å². The molecular weight excluding hydrogens is 386 g/mol. The molecule has 0 bridgehead atoms. The van der Waals surface area contributed by atoms with Crippen LogP contribution in [0.1, 0.15) is 10.4 Å². The summed E-state index contributed by atoms with van der Waals surface area (Å²) in [7, 11) is 0. The quantitative estimate of drug-likeness (QED) is 0.408. The second-order valence-electron chi connectivity index (χ2n) is 4.65. The third-order valence-electron chi connectivity index (χ3n) is 3.41. The molecule has 7 heteroatoms. The third kappa shape index (κ3) is 3.18. The molecule has 0 amide bonds. The molecule has 23 heavy (non-hydrogen) atoms. The molecule has 1 aromatic heterocycles. The van der Waals surface area contributed by atoms with E-state index in [2.05, 4.69) is 0 Å². The summed E-state index contributed by atoms with van der Waals surface area (Å²) in [6.45, 7) is 0. The molecule has 3 aromatic rings. The predicted octanol–water partition coefficient (Wildman–Crippen LogP) is 4.09. The molecular formula is C16H12O4S2Zn. The number of carbonyl (C=O) groups is 1. The van der Waals surface area contributed by atoms with Gasteiger partial charge in [0, 0.05) is 24.4 Å². The van der Waals surface area contributed by atoms with E-state index >= 15 is 0 Å². The van der Waals surface area contributed by atoms with E-state index in [0.717, 1.165) is 9.79 Å². The first-order valence-electron chi connectivity index (χ1n) is 6.41. The van der Waals surface area contributed by atoms with Crippen LogP contribution in [0.25, 0.3) is 21.9 Å². The number of thioether (sulfide) groups is 2. The molecule has 114 valence electrons. The standard InChI is InChI=1S/C16H12O4S2.Zn/c1-21-9-6-11-14(17)10-5-8(16(18)19)3-4-12(10)20-15(11)13(7-9)22-2;/h3-7H,1-2H3,(H,18,19);. The number of hydrogen-bond acceptors (Lipinski definition) is 5. The van der Waals surface area contributed by atoms with Crippen LogP contribution in [0, 0.1) is 0 Å². The molecule has 0 fully saturated rings. The third-order valence-corrected chi connectivity index (χ3v) is 4.86. The van der Waals surface area contributed by atoms with Gasteiger partial charge >= 0.3 is 5.97 Å². The van der Waals surface area contributed by atoms with Crippen molar-refractivity contribution >= 4 is 51.4 Å². The Morgan fingerprint density at radius 1 is 1.09 bits per heavy atom. The topological polar surface area (TPSA) is 67.5 Å². The minimum Gasteiger partial charge on any atom is -0.478 e. The van der Waals surface area contributed by atoms with Gasteiger partial charge in [-0.25, -0.2) is 4.79 Å². The molecule has 3 rings (SSSR count). The van der Waals surface area contributed by atoms with Gasteiger partial charge in [0.25, 0.3) is 0 Å². The van der Waals surface area contributed by atoms with Gasteiger partial charge in [-0.15, -0.1) is 23.5 Å². The maximum Gasteiger partial charge on any atom is 0.335 e. The summed E-state index contributed by atoms with van der Waals surface area (Å²) in [6, 6.07) is 8.12. The smallest absolute Gasteiger partial charge is 0.335 e. The van der Waals surface area contributed by atoms with E-state index in [9.17, 15) is 9.59 Å². The molecule has 0 unspecified atom stereocenters. The van der Waals surface area contributed by atoms with E-state index in [4.69, 9.17) is 9.52 Å². The van der Waals surface area contributed by atoms with Crippen molar-refractivity contribution in [2.24, 2.45) is 0 Å². The summed E-state index contributed by atoms with van der Waals surface area (Å²) in [6.07, 6.45) is 3.87. The van der Waals surface area contributed by atoms with Gasteiger partial charge in [0.2, 0.25) is 5.43 Å². The average molecular weight is 398 g/mol. The number of carboxylic acid groups (broad SMARTS) is 1. The Hall–Kier alpha value is -1.30. The minimum atomic E-state index is -1.07. The van der Waals surface area contributed by atoms with Crippen molar-refractivity contribution in [3.63, 3.8) is 0 Å². The predicted molar refractivity (Wildman–Crippen MR) is 90.5 cm³/mol. The SMILES string of the molecule is CSc1cc(SC)c2oc3ccc(C(=O)O)cc3c(=O)c2c1.[Zn]. The Kier molecular flexibility index (Phi) is 5.55. The van der Waals surface area contributed by atoms with Crippen LogP contribution in [-0.2, 0) is 19.5 Å². The summed E-state index contributed by atoms with van der Waals surface area (Å²) in [5.74, 6) is -1.07. The largest absolute Gasteiger partial charge is 0.478 e. The van der Waals surface area contributed by atoms with Crippen molar-refractivity contribution in [2.75, 3.05) is 12.5 Å². The van der Waals surface area contributed by atoms with Crippen molar-refractivity contribution < 1.29 is 33.8 Å². The van der Waals surface area contributed by atoms with Crippen LogP contribution in [0.3, 0.4) is 0 Å². The molecule has 0 saturated heterocycles. The van der Waals surface area contributed by atoms with Crippen molar-refractivity contribution in [3.8, 4) is 0 Å². The second-order valence-corrected chi connectivity index (χ2v) is 6.38. The van der Waals surface area contributed by atoms with Crippen LogP contribution in [0.5, 0.6) is 0 Å². The Morgan fingerprint density at radius 3 is 2.43 bits per heavy atom. The van der Waals surface area contributed by atoms with Crippen molar-refractivity contribution in [1.82, 2.24) is 0 Å². The van der Waals surface area contributed by atoms with Gasteiger partial charge in [-0.2, -0.15) is 0 Å². The second kappa shape index (κ2) is 7.08. The number of rotatable bonds is 3. The van der Waals surface area contributed by atoms with Gasteiger partial charge in [0.1, 0.15) is 5.58 Å². The summed E-state index contributed by atoms with van der Waals surface area (Å²) >= 11 is 3.06. The van der Waals surface area contributed by atoms with Crippen LogP contribution >= 0.6 is 23.5 Å². The van der Waals surface area contributed by atoms with Crippen LogP contribution < -0.4 is 5.43 Å². The van der Waals surface area contributed by atoms with E-state index in [1.165, 1.54) is 30.0 Å². The fourth-order valence-electron chi connectivity index (χ4n) is 2.30. The number of carboxylic acids is 1. The fourth-order valence-corrected chi connectivity index (χ4v) is 3.43. The Balaban J connectivity index is 0.00000192. The molecule has 1 heterocycles. The molecule has 4 nitrogen and oxygen atoms in total. The van der Waals surface area contributed by atoms with Crippen molar-refractivity contribution in [1.29, 1.82) is 0 Å². The zero-order valence-electron chi connectivity index (χ0n) is 12.6. The van der Waals surface area contributed by atoms with Crippen LogP contribution in [-0.4, -0.2) is 23.6 Å². The van der Waals surface area contributed by atoms with Gasteiger partial charge < -0.3 is 9.52 Å². The zero-order valence-corrected chi connectivity index (χ0v) is 17.2. The molecule has 0 spiro atoms. The number of benzene rings is 2. The number of hydrogen-bond donors (Lipinski definition) is 1. The first kappa shape index (κ1) is 18.0. The Morgan fingerprint density at radius 2 is 1.83 bits per heavy atom. The molecule has 2 aromatic carbocycles. The summed E-state index contributed by atoms with van der Waals surface area (Å²) in [5, 5.41) is 9.84.